The van der Waals surface area contributed by atoms with Crippen molar-refractivity contribution in [2.45, 2.75) is 6.18 Å². The first kappa shape index (κ1) is 21.1. The molecule has 1 amide bonds. The number of carbonyl (C=O) groups excluding carboxylic acids is 1. The Morgan fingerprint density at radius 1 is 1.10 bits per heavy atom. The molecule has 3 rings (SSSR count). The molecule has 0 radical (unpaired) electrons. The Labute approximate surface area is 173 Å². The van der Waals surface area contributed by atoms with Crippen LogP contribution in [0.3, 0.4) is 0 Å². The second kappa shape index (κ2) is 8.38. The fourth-order valence-electron chi connectivity index (χ4n) is 2.52. The zero-order chi connectivity index (χ0) is 21.2. The van der Waals surface area contributed by atoms with Crippen molar-refractivity contribution >= 4 is 46.2 Å². The second-order valence-electron chi connectivity index (χ2n) is 5.76. The molecule has 1 aliphatic heterocycles. The predicted molar refractivity (Wildman–Crippen MR) is 107 cm³/mol. The number of hydrogen-bond acceptors (Lipinski definition) is 5. The van der Waals surface area contributed by atoms with Gasteiger partial charge < -0.3 is 14.8 Å². The number of hydrogen-bond donors (Lipinski definition) is 1. The van der Waals surface area contributed by atoms with Gasteiger partial charge in [-0.3, -0.25) is 4.79 Å². The van der Waals surface area contributed by atoms with E-state index in [0.717, 1.165) is 23.9 Å². The Morgan fingerprint density at radius 3 is 2.48 bits per heavy atom. The van der Waals surface area contributed by atoms with Crippen molar-refractivity contribution in [3.05, 3.63) is 57.5 Å². The van der Waals surface area contributed by atoms with Gasteiger partial charge in [0.05, 0.1) is 30.4 Å². The second-order valence-corrected chi connectivity index (χ2v) is 7.22. The van der Waals surface area contributed by atoms with Crippen LogP contribution in [0.4, 0.5) is 18.9 Å². The molecule has 10 heteroatoms. The topological polar surface area (TPSA) is 59.9 Å². The molecule has 0 saturated carbocycles. The lowest BCUT2D eigenvalue weighted by Gasteiger charge is -2.10. The van der Waals surface area contributed by atoms with Gasteiger partial charge >= 0.3 is 6.18 Å². The Bertz CT molecular complexity index is 1020. The molecule has 0 bridgehead atoms. The minimum absolute atomic E-state index is 0.0366. The van der Waals surface area contributed by atoms with E-state index in [2.05, 4.69) is 10.3 Å². The van der Waals surface area contributed by atoms with Gasteiger partial charge in [0, 0.05) is 5.02 Å². The quantitative estimate of drug-likeness (QED) is 0.655. The Balaban J connectivity index is 1.91. The standard InChI is InChI=1S/C19H14ClF3N2O3S/c1-27-14-6-3-10(7-15(14)28-2)8-16-17(26)25-18(29-16)24-13-5-4-11(20)9-12(13)19(21,22)23/h3-9H,1-2H3,(H,24,25,26)/b16-8-. The summed E-state index contributed by atoms with van der Waals surface area (Å²) in [6.07, 6.45) is -3.05. The molecule has 1 N–H and O–H groups in total. The number of aliphatic imine (C=N–C) groups is 1. The lowest BCUT2D eigenvalue weighted by Crippen LogP contribution is -2.19. The molecule has 0 atom stereocenters. The third kappa shape index (κ3) is 4.86. The third-order valence-electron chi connectivity index (χ3n) is 3.84. The lowest BCUT2D eigenvalue weighted by molar-refractivity contribution is -0.137. The van der Waals surface area contributed by atoms with Crippen LogP contribution in [-0.2, 0) is 11.0 Å². The largest absolute Gasteiger partial charge is 0.493 e. The molecule has 0 aromatic heterocycles. The maximum absolute atomic E-state index is 13.2. The van der Waals surface area contributed by atoms with Gasteiger partial charge in [-0.15, -0.1) is 0 Å². The lowest BCUT2D eigenvalue weighted by atomic mass is 10.2. The SMILES string of the molecule is COc1ccc(/C=C2\SC(=Nc3ccc(Cl)cc3C(F)(F)F)NC2=O)cc1OC. The van der Waals surface area contributed by atoms with Gasteiger partial charge in [-0.05, 0) is 53.7 Å². The van der Waals surface area contributed by atoms with Gasteiger partial charge in [-0.2, -0.15) is 13.2 Å². The van der Waals surface area contributed by atoms with E-state index in [1.807, 2.05) is 0 Å². The highest BCUT2D eigenvalue weighted by Gasteiger charge is 2.34. The van der Waals surface area contributed by atoms with Gasteiger partial charge in [-0.1, -0.05) is 17.7 Å². The zero-order valence-corrected chi connectivity index (χ0v) is 16.7. The number of nitrogens with one attached hydrogen (secondary N) is 1. The maximum Gasteiger partial charge on any atom is 0.418 e. The summed E-state index contributed by atoms with van der Waals surface area (Å²) in [5.41, 5.74) is -0.661. The fourth-order valence-corrected chi connectivity index (χ4v) is 3.52. The number of ether oxygens (including phenoxy) is 2. The summed E-state index contributed by atoms with van der Waals surface area (Å²) in [7, 11) is 2.99. The molecule has 1 fully saturated rings. The van der Waals surface area contributed by atoms with E-state index in [1.54, 1.807) is 24.3 Å². The Kier molecular flexibility index (Phi) is 6.09. The van der Waals surface area contributed by atoms with Crippen molar-refractivity contribution < 1.29 is 27.4 Å². The van der Waals surface area contributed by atoms with Crippen LogP contribution in [0.1, 0.15) is 11.1 Å². The van der Waals surface area contributed by atoms with Crippen LogP contribution < -0.4 is 14.8 Å². The van der Waals surface area contributed by atoms with E-state index in [4.69, 9.17) is 21.1 Å². The van der Waals surface area contributed by atoms with E-state index in [0.29, 0.717) is 17.1 Å². The van der Waals surface area contributed by atoms with E-state index >= 15 is 0 Å². The van der Waals surface area contributed by atoms with Crippen LogP contribution in [0, 0.1) is 0 Å². The normalized spacial score (nSPS) is 17.0. The summed E-state index contributed by atoms with van der Waals surface area (Å²) in [5.74, 6) is 0.545. The van der Waals surface area contributed by atoms with Crippen molar-refractivity contribution in [1.29, 1.82) is 0 Å². The number of rotatable bonds is 4. The summed E-state index contributed by atoms with van der Waals surface area (Å²) >= 11 is 6.60. The molecule has 1 saturated heterocycles. The summed E-state index contributed by atoms with van der Waals surface area (Å²) < 4.78 is 50.0. The van der Waals surface area contributed by atoms with Crippen LogP contribution in [0.25, 0.3) is 6.08 Å². The van der Waals surface area contributed by atoms with Gasteiger partial charge in [-0.25, -0.2) is 4.99 Å². The first-order valence-electron chi connectivity index (χ1n) is 8.09. The molecular formula is C19H14ClF3N2O3S. The van der Waals surface area contributed by atoms with Crippen molar-refractivity contribution in [3.63, 3.8) is 0 Å². The number of halogens is 4. The molecule has 1 heterocycles. The third-order valence-corrected chi connectivity index (χ3v) is 4.99. The summed E-state index contributed by atoms with van der Waals surface area (Å²) in [6.45, 7) is 0. The minimum Gasteiger partial charge on any atom is -0.493 e. The number of alkyl halides is 3. The maximum atomic E-state index is 13.2. The number of carbonyl (C=O) groups is 1. The molecular weight excluding hydrogens is 429 g/mol. The van der Waals surface area contributed by atoms with Crippen LogP contribution in [0.15, 0.2) is 46.3 Å². The van der Waals surface area contributed by atoms with Crippen LogP contribution in [0.2, 0.25) is 5.02 Å². The van der Waals surface area contributed by atoms with Gasteiger partial charge in [0.25, 0.3) is 5.91 Å². The van der Waals surface area contributed by atoms with Gasteiger partial charge in [0.15, 0.2) is 16.7 Å². The fraction of sp³-hybridized carbons (Fsp3) is 0.158. The van der Waals surface area contributed by atoms with Gasteiger partial charge in [0.1, 0.15) is 0 Å². The minimum atomic E-state index is -4.63. The summed E-state index contributed by atoms with van der Waals surface area (Å²) in [4.78, 5) is 16.4. The predicted octanol–water partition coefficient (Wildman–Crippen LogP) is 5.27. The molecule has 29 heavy (non-hydrogen) atoms. The highest BCUT2D eigenvalue weighted by atomic mass is 35.5. The Morgan fingerprint density at radius 2 is 1.83 bits per heavy atom. The molecule has 1 aliphatic rings. The Hall–Kier alpha value is -2.65. The molecule has 0 aliphatic carbocycles. The summed E-state index contributed by atoms with van der Waals surface area (Å²) in [5, 5.41) is 2.45. The van der Waals surface area contributed by atoms with E-state index in [1.165, 1.54) is 20.3 Å². The van der Waals surface area contributed by atoms with Crippen molar-refractivity contribution in [1.82, 2.24) is 5.32 Å². The molecule has 152 valence electrons. The highest BCUT2D eigenvalue weighted by molar-refractivity contribution is 8.18. The number of thioether (sulfide) groups is 1. The molecule has 0 unspecified atom stereocenters. The van der Waals surface area contributed by atoms with E-state index in [-0.39, 0.29) is 20.8 Å². The first-order valence-corrected chi connectivity index (χ1v) is 9.29. The molecule has 0 spiro atoms. The molecule has 2 aromatic carbocycles. The number of amides is 1. The number of methoxy groups -OCH3 is 2. The van der Waals surface area contributed by atoms with Crippen LogP contribution in [-0.4, -0.2) is 25.3 Å². The van der Waals surface area contributed by atoms with Crippen molar-refractivity contribution in [3.8, 4) is 11.5 Å². The van der Waals surface area contributed by atoms with Crippen LogP contribution >= 0.6 is 23.4 Å². The van der Waals surface area contributed by atoms with E-state index < -0.39 is 17.6 Å². The number of benzene rings is 2. The van der Waals surface area contributed by atoms with Crippen LogP contribution in [0.5, 0.6) is 11.5 Å². The molecule has 2 aromatic rings. The summed E-state index contributed by atoms with van der Waals surface area (Å²) in [6, 6.07) is 8.33. The monoisotopic (exact) mass is 442 g/mol. The van der Waals surface area contributed by atoms with Crippen molar-refractivity contribution in [2.75, 3.05) is 14.2 Å². The number of nitrogens with zero attached hydrogens (tertiary/aromatic N) is 1. The zero-order valence-electron chi connectivity index (χ0n) is 15.1. The van der Waals surface area contributed by atoms with Crippen molar-refractivity contribution in [2.24, 2.45) is 4.99 Å². The number of amidine groups is 1. The average molecular weight is 443 g/mol. The highest BCUT2D eigenvalue weighted by Crippen LogP contribution is 2.39. The average Bonchev–Trinajstić information content (AvgIpc) is 3.01. The first-order chi connectivity index (χ1) is 13.7. The molecule has 5 nitrogen and oxygen atoms in total. The smallest absolute Gasteiger partial charge is 0.418 e. The van der Waals surface area contributed by atoms with Gasteiger partial charge in [0.2, 0.25) is 0 Å². The van der Waals surface area contributed by atoms with E-state index in [9.17, 15) is 18.0 Å².